The molecule has 0 bridgehead atoms. The molecule has 2 amide bonds. The number of halogens is 1. The van der Waals surface area contributed by atoms with Crippen LogP contribution >= 0.6 is 0 Å². The smallest absolute Gasteiger partial charge is 0.326 e. The van der Waals surface area contributed by atoms with Crippen molar-refractivity contribution in [3.8, 4) is 0 Å². The third-order valence-corrected chi connectivity index (χ3v) is 4.04. The Kier molecular flexibility index (Phi) is 7.65. The van der Waals surface area contributed by atoms with Gasteiger partial charge in [-0.1, -0.05) is 50.2 Å². The second kappa shape index (κ2) is 10.2. The van der Waals surface area contributed by atoms with Crippen LogP contribution in [0.3, 0.4) is 0 Å². The van der Waals surface area contributed by atoms with Crippen LogP contribution in [0, 0.1) is 11.7 Å². The lowest BCUT2D eigenvalue weighted by atomic mass is 10.0. The molecule has 0 fully saturated rings. The van der Waals surface area contributed by atoms with Gasteiger partial charge in [-0.15, -0.1) is 0 Å². The number of amides is 2. The number of carbonyl (C=O) groups is 3. The summed E-state index contributed by atoms with van der Waals surface area (Å²) in [5.41, 5.74) is 0.136. The molecule has 0 saturated carbocycles. The average molecular weight is 398 g/mol. The molecule has 2 aromatic carbocycles. The number of hydrogen-bond acceptors (Lipinski definition) is 3. The molecular weight excluding hydrogens is 375 g/mol. The first-order chi connectivity index (χ1) is 13.8. The molecule has 152 valence electrons. The van der Waals surface area contributed by atoms with Gasteiger partial charge in [0.05, 0.1) is 0 Å². The lowest BCUT2D eigenvalue weighted by molar-refractivity contribution is -0.141. The standard InChI is InChI=1S/C22H23FN2O4/c1-14(2)12-19(22(28)29)25-21(27)18(13-16-10-6-7-11-17(16)23)24-20(26)15-8-4-3-5-9-15/h3-11,13-14,19H,12H2,1-2H3,(H,24,26)(H,25,27)(H,28,29)/b18-13-/t19-/m0/s1. The molecule has 0 radical (unpaired) electrons. The van der Waals surface area contributed by atoms with Gasteiger partial charge in [-0.05, 0) is 36.6 Å². The van der Waals surface area contributed by atoms with E-state index in [9.17, 15) is 23.9 Å². The summed E-state index contributed by atoms with van der Waals surface area (Å²) in [5.74, 6) is -3.13. The molecule has 6 nitrogen and oxygen atoms in total. The fraction of sp³-hybridized carbons (Fsp3) is 0.227. The average Bonchev–Trinajstić information content (AvgIpc) is 2.68. The van der Waals surface area contributed by atoms with Crippen molar-refractivity contribution in [3.05, 3.63) is 77.2 Å². The van der Waals surface area contributed by atoms with Crippen LogP contribution in [0.4, 0.5) is 4.39 Å². The summed E-state index contributed by atoms with van der Waals surface area (Å²) >= 11 is 0. The van der Waals surface area contributed by atoms with Crippen molar-refractivity contribution < 1.29 is 23.9 Å². The fourth-order valence-electron chi connectivity index (χ4n) is 2.62. The van der Waals surface area contributed by atoms with E-state index in [1.54, 1.807) is 36.4 Å². The van der Waals surface area contributed by atoms with Gasteiger partial charge in [0.2, 0.25) is 0 Å². The van der Waals surface area contributed by atoms with Crippen molar-refractivity contribution in [2.24, 2.45) is 5.92 Å². The summed E-state index contributed by atoms with van der Waals surface area (Å²) in [4.78, 5) is 36.7. The van der Waals surface area contributed by atoms with E-state index >= 15 is 0 Å². The Balaban J connectivity index is 2.33. The molecule has 29 heavy (non-hydrogen) atoms. The summed E-state index contributed by atoms with van der Waals surface area (Å²) in [5, 5.41) is 14.2. The predicted molar refractivity (Wildman–Crippen MR) is 107 cm³/mol. The van der Waals surface area contributed by atoms with Crippen LogP contribution in [0.5, 0.6) is 0 Å². The van der Waals surface area contributed by atoms with Gasteiger partial charge in [0.25, 0.3) is 11.8 Å². The van der Waals surface area contributed by atoms with Crippen LogP contribution in [0.15, 0.2) is 60.3 Å². The Hall–Kier alpha value is -3.48. The summed E-state index contributed by atoms with van der Waals surface area (Å²) in [6, 6.07) is 12.8. The van der Waals surface area contributed by atoms with Crippen molar-refractivity contribution in [2.45, 2.75) is 26.3 Å². The summed E-state index contributed by atoms with van der Waals surface area (Å²) in [6.07, 6.45) is 1.39. The van der Waals surface area contributed by atoms with Crippen LogP contribution in [-0.4, -0.2) is 28.9 Å². The van der Waals surface area contributed by atoms with Crippen molar-refractivity contribution in [1.82, 2.24) is 10.6 Å². The molecule has 1 atom stereocenters. The van der Waals surface area contributed by atoms with E-state index in [0.29, 0.717) is 5.56 Å². The molecule has 2 rings (SSSR count). The maximum absolute atomic E-state index is 14.1. The first-order valence-electron chi connectivity index (χ1n) is 9.14. The minimum Gasteiger partial charge on any atom is -0.480 e. The fourth-order valence-corrected chi connectivity index (χ4v) is 2.62. The molecule has 0 aliphatic carbocycles. The van der Waals surface area contributed by atoms with Gasteiger partial charge in [-0.2, -0.15) is 0 Å². The highest BCUT2D eigenvalue weighted by molar-refractivity contribution is 6.06. The van der Waals surface area contributed by atoms with Crippen LogP contribution in [0.1, 0.15) is 36.2 Å². The molecule has 3 N–H and O–H groups in total. The molecule has 0 unspecified atom stereocenters. The molecule has 0 heterocycles. The van der Waals surface area contributed by atoms with Crippen LogP contribution in [0.25, 0.3) is 6.08 Å². The van der Waals surface area contributed by atoms with E-state index in [-0.39, 0.29) is 23.6 Å². The van der Waals surface area contributed by atoms with E-state index in [0.717, 1.165) is 0 Å². The summed E-state index contributed by atoms with van der Waals surface area (Å²) < 4.78 is 14.1. The van der Waals surface area contributed by atoms with E-state index < -0.39 is 29.6 Å². The Morgan fingerprint density at radius 1 is 1.03 bits per heavy atom. The second-order valence-corrected chi connectivity index (χ2v) is 6.89. The molecule has 0 saturated heterocycles. The van der Waals surface area contributed by atoms with Gasteiger partial charge in [-0.3, -0.25) is 9.59 Å². The maximum Gasteiger partial charge on any atom is 0.326 e. The van der Waals surface area contributed by atoms with Gasteiger partial charge in [0.1, 0.15) is 17.6 Å². The third kappa shape index (κ3) is 6.57. The van der Waals surface area contributed by atoms with Crippen LogP contribution < -0.4 is 10.6 Å². The van der Waals surface area contributed by atoms with Crippen LogP contribution in [-0.2, 0) is 9.59 Å². The number of carbonyl (C=O) groups excluding carboxylic acids is 2. The normalized spacial score (nSPS) is 12.3. The number of nitrogens with one attached hydrogen (secondary N) is 2. The number of aliphatic carboxylic acids is 1. The van der Waals surface area contributed by atoms with E-state index in [4.69, 9.17) is 0 Å². The summed E-state index contributed by atoms with van der Waals surface area (Å²) in [6.45, 7) is 3.66. The van der Waals surface area contributed by atoms with Gasteiger partial charge < -0.3 is 15.7 Å². The zero-order chi connectivity index (χ0) is 21.4. The van der Waals surface area contributed by atoms with E-state index in [1.165, 1.54) is 24.3 Å². The Morgan fingerprint density at radius 2 is 1.66 bits per heavy atom. The zero-order valence-corrected chi connectivity index (χ0v) is 16.2. The van der Waals surface area contributed by atoms with E-state index in [2.05, 4.69) is 10.6 Å². The third-order valence-electron chi connectivity index (χ3n) is 4.04. The lowest BCUT2D eigenvalue weighted by Crippen LogP contribution is -2.45. The Morgan fingerprint density at radius 3 is 2.24 bits per heavy atom. The number of benzene rings is 2. The highest BCUT2D eigenvalue weighted by atomic mass is 19.1. The van der Waals surface area contributed by atoms with Crippen molar-refractivity contribution in [1.29, 1.82) is 0 Å². The van der Waals surface area contributed by atoms with Gasteiger partial charge in [0, 0.05) is 11.1 Å². The van der Waals surface area contributed by atoms with Gasteiger partial charge in [0.15, 0.2) is 0 Å². The van der Waals surface area contributed by atoms with E-state index in [1.807, 2.05) is 13.8 Å². The van der Waals surface area contributed by atoms with Gasteiger partial charge >= 0.3 is 5.97 Å². The molecule has 0 spiro atoms. The lowest BCUT2D eigenvalue weighted by Gasteiger charge is -2.18. The molecular formula is C22H23FN2O4. The topological polar surface area (TPSA) is 95.5 Å². The Labute approximate surface area is 168 Å². The minimum absolute atomic E-state index is 0.0225. The number of rotatable bonds is 8. The maximum atomic E-state index is 14.1. The van der Waals surface area contributed by atoms with Crippen molar-refractivity contribution in [3.63, 3.8) is 0 Å². The molecule has 2 aromatic rings. The first-order valence-corrected chi connectivity index (χ1v) is 9.14. The molecule has 0 aliphatic heterocycles. The largest absolute Gasteiger partial charge is 0.480 e. The Bertz CT molecular complexity index is 910. The SMILES string of the molecule is CC(C)C[C@H](NC(=O)/C(=C/c1ccccc1F)NC(=O)c1ccccc1)C(=O)O. The van der Waals surface area contributed by atoms with Gasteiger partial charge in [-0.25, -0.2) is 9.18 Å². The first kappa shape index (κ1) is 21.8. The number of carboxylic acid groups (broad SMARTS) is 1. The van der Waals surface area contributed by atoms with Crippen molar-refractivity contribution in [2.75, 3.05) is 0 Å². The predicted octanol–water partition coefficient (Wildman–Crippen LogP) is 3.21. The second-order valence-electron chi connectivity index (χ2n) is 6.89. The zero-order valence-electron chi connectivity index (χ0n) is 16.2. The highest BCUT2D eigenvalue weighted by Gasteiger charge is 2.24. The monoisotopic (exact) mass is 398 g/mol. The summed E-state index contributed by atoms with van der Waals surface area (Å²) in [7, 11) is 0. The molecule has 7 heteroatoms. The molecule has 0 aromatic heterocycles. The van der Waals surface area contributed by atoms with Crippen molar-refractivity contribution >= 4 is 23.9 Å². The quantitative estimate of drug-likeness (QED) is 0.595. The minimum atomic E-state index is -1.19. The number of hydrogen-bond donors (Lipinski definition) is 3. The number of carboxylic acids is 1. The highest BCUT2D eigenvalue weighted by Crippen LogP contribution is 2.12. The van der Waals surface area contributed by atoms with Crippen LogP contribution in [0.2, 0.25) is 0 Å². The molecule has 0 aliphatic rings.